The first-order valence-electron chi connectivity index (χ1n) is 45.6. The molecule has 0 spiro atoms. The molecule has 7 N–H and O–H groups in total. The molecular weight excluding hydrogens is 1770 g/mol. The Kier molecular flexibility index (Phi) is 43.9. The van der Waals surface area contributed by atoms with E-state index in [2.05, 4.69) is 44.9 Å². The second kappa shape index (κ2) is 55.6. The number of amides is 6. The maximum Gasteiger partial charge on any atom is 0.224 e. The van der Waals surface area contributed by atoms with Gasteiger partial charge in [-0.1, -0.05) is 146 Å². The molecule has 0 aliphatic heterocycles. The van der Waals surface area contributed by atoms with Crippen LogP contribution in [0.25, 0.3) is 0 Å². The smallest absolute Gasteiger partial charge is 0.224 e. The first-order chi connectivity index (χ1) is 66.2. The highest BCUT2D eigenvalue weighted by atomic mass is 19.1. The van der Waals surface area contributed by atoms with Gasteiger partial charge in [-0.3, -0.25) is 28.8 Å². The van der Waals surface area contributed by atoms with Crippen molar-refractivity contribution in [2.45, 2.75) is 179 Å². The van der Waals surface area contributed by atoms with Gasteiger partial charge in [-0.2, -0.15) is 0 Å². The van der Waals surface area contributed by atoms with Gasteiger partial charge in [0.2, 0.25) is 35.4 Å². The largest absolute Gasteiger partial charge is 0.493 e. The van der Waals surface area contributed by atoms with Gasteiger partial charge in [0.15, 0.2) is 69.4 Å². The van der Waals surface area contributed by atoms with Crippen LogP contribution in [0, 0.1) is 90.3 Å². The SMILES string of the molecule is CCOc1cccc(CC(=O)NC)c1COc1ccc(C)cc1F.CCc1cccc(CC(=O)NC)c1COc1ccc(C)cc1F.CNC(=O)Cc1cccc(C)c1COc1ccc(C)cc1F.CNC(=O)Cc1cccc(C)c1COc1ccc(C)cc1F.CNC(=O)Cc1cccc(C2CC2)c1COc1ccc(C)cc1F.CNC(=O)Cc1cccc(CO)c1COc1ccc(C)cc1F. The molecule has 26 heteroatoms. The zero-order valence-electron chi connectivity index (χ0n) is 81.4. The van der Waals surface area contributed by atoms with Crippen LogP contribution >= 0.6 is 0 Å². The van der Waals surface area contributed by atoms with Gasteiger partial charge in [0, 0.05) is 47.8 Å². The highest BCUT2D eigenvalue weighted by Gasteiger charge is 2.28. The molecule has 0 radical (unpaired) electrons. The normalized spacial score (nSPS) is 10.9. The lowest BCUT2D eigenvalue weighted by atomic mass is 9.96. The Morgan fingerprint density at radius 2 is 0.507 bits per heavy atom. The second-order valence-electron chi connectivity index (χ2n) is 33.1. The molecule has 20 nitrogen and oxygen atoms in total. The molecule has 12 aromatic rings. The molecule has 12 aromatic carbocycles. The fraction of sp³-hybridized carbons (Fsp3) is 0.304. The summed E-state index contributed by atoms with van der Waals surface area (Å²) in [5.41, 5.74) is 20.6. The van der Waals surface area contributed by atoms with Crippen molar-refractivity contribution in [2.75, 3.05) is 48.9 Å². The highest BCUT2D eigenvalue weighted by Crippen LogP contribution is 2.43. The summed E-state index contributed by atoms with van der Waals surface area (Å²) in [4.78, 5) is 70.0. The lowest BCUT2D eigenvalue weighted by Crippen LogP contribution is -2.21. The maximum atomic E-state index is 14.0. The molecule has 0 heterocycles. The number of rotatable bonds is 35. The van der Waals surface area contributed by atoms with Crippen LogP contribution in [0.15, 0.2) is 218 Å². The van der Waals surface area contributed by atoms with Gasteiger partial charge < -0.3 is 70.2 Å². The minimum absolute atomic E-state index is 0.0364. The number of hydrogen-bond donors (Lipinski definition) is 7. The van der Waals surface area contributed by atoms with Crippen LogP contribution in [-0.4, -0.2) is 89.4 Å². The first kappa shape index (κ1) is 109. The lowest BCUT2D eigenvalue weighted by molar-refractivity contribution is -0.120. The number of likely N-dealkylation sites (N-methyl/N-ethyl adjacent to an activating group) is 6. The summed E-state index contributed by atoms with van der Waals surface area (Å²) in [6, 6.07) is 63.4. The minimum Gasteiger partial charge on any atom is -0.493 e. The number of hydrogen-bond acceptors (Lipinski definition) is 14. The Bertz CT molecular complexity index is 5890. The topological polar surface area (TPSA) is 259 Å². The fourth-order valence-corrected chi connectivity index (χ4v) is 14.6. The standard InChI is InChI=1S/C20H22FNO2.C19H22FNO3.C19H22FNO2.C18H20FNO3.2C18H20FNO2/c1-13-6-9-19(18(21)10-13)24-12-17-15(11-20(23)22-2)4-3-5-16(17)14-7-8-14;1-4-23-17-7-5-6-14(11-19(22)21-3)15(17)12-24-18-9-8-13(2)10-16(18)20;1-4-14-6-5-7-15(11-19(22)21-3)16(14)12-23-18-9-8-13(2)10-17(18)20;1-12-6-7-17(16(19)8-12)23-11-15-13(9-18(22)20-2)4-3-5-14(15)10-21;2*1-12-7-8-17(16(19)9-12)22-11-15-13(2)5-4-6-14(15)10-18(21)20-3/h3-6,9-10,14H,7-8,11-12H2,1-2H3,(H,22,23);5-10H,4,11-12H2,1-3H3,(H,21,22);5-10H,4,11-12H2,1-3H3,(H,21,22);3-8,21H,9-11H2,1-2H3,(H,20,22);2*4-9H,10-11H2,1-3H3,(H,20,21). The fourth-order valence-electron chi connectivity index (χ4n) is 14.6. The monoisotopic (exact) mass is 1890 g/mol. The van der Waals surface area contributed by atoms with Crippen LogP contribution in [0.4, 0.5) is 26.3 Å². The highest BCUT2D eigenvalue weighted by molar-refractivity contribution is 5.82. The lowest BCUT2D eigenvalue weighted by Gasteiger charge is -2.16. The number of carbonyl (C=O) groups is 6. The van der Waals surface area contributed by atoms with E-state index < -0.39 is 11.6 Å². The number of benzene rings is 12. The number of carbonyl (C=O) groups excluding carboxylic acids is 6. The van der Waals surface area contributed by atoms with E-state index in [4.69, 9.17) is 33.2 Å². The third-order valence-electron chi connectivity index (χ3n) is 22.7. The van der Waals surface area contributed by atoms with E-state index in [-0.39, 0.29) is 165 Å². The Hall–Kier alpha value is -14.4. The minimum atomic E-state index is -0.431. The molecule has 0 aromatic heterocycles. The molecule has 1 aliphatic carbocycles. The van der Waals surface area contributed by atoms with Crippen LogP contribution in [0.2, 0.25) is 0 Å². The van der Waals surface area contributed by atoms with E-state index in [1.807, 2.05) is 165 Å². The molecule has 1 saturated carbocycles. The van der Waals surface area contributed by atoms with Crippen molar-refractivity contribution in [2.24, 2.45) is 0 Å². The molecule has 0 saturated heterocycles. The summed E-state index contributed by atoms with van der Waals surface area (Å²) in [5.74, 6) is -0.334. The van der Waals surface area contributed by atoms with Crippen molar-refractivity contribution in [3.8, 4) is 40.2 Å². The van der Waals surface area contributed by atoms with Crippen LogP contribution < -0.4 is 65.1 Å². The Morgan fingerprint density at radius 1 is 0.275 bits per heavy atom. The predicted octanol–water partition coefficient (Wildman–Crippen LogP) is 20.0. The molecular formula is C112H126F6N6O14. The molecule has 0 atom stereocenters. The number of halogens is 6. The van der Waals surface area contributed by atoms with Gasteiger partial charge in [0.1, 0.15) is 45.4 Å². The first-order valence-corrected chi connectivity index (χ1v) is 45.6. The van der Waals surface area contributed by atoms with Crippen molar-refractivity contribution in [3.05, 3.63) is 381 Å². The molecule has 730 valence electrons. The van der Waals surface area contributed by atoms with E-state index in [0.717, 1.165) is 131 Å². The van der Waals surface area contributed by atoms with E-state index in [9.17, 15) is 60.2 Å². The summed E-state index contributed by atoms with van der Waals surface area (Å²) in [7, 11) is 9.61. The molecule has 13 rings (SSSR count). The number of nitrogens with one attached hydrogen (secondary N) is 6. The quantitative estimate of drug-likeness (QED) is 0.0182. The Labute approximate surface area is 806 Å². The summed E-state index contributed by atoms with van der Waals surface area (Å²) < 4.78 is 123. The van der Waals surface area contributed by atoms with E-state index in [1.54, 1.807) is 116 Å². The summed E-state index contributed by atoms with van der Waals surface area (Å²) in [6.07, 6.45) is 4.72. The van der Waals surface area contributed by atoms with Gasteiger partial charge in [-0.05, 0) is 289 Å². The number of aliphatic hydroxyl groups excluding tert-OH is 1. The molecule has 1 fully saturated rings. The summed E-state index contributed by atoms with van der Waals surface area (Å²) in [5, 5.41) is 25.2. The Balaban J connectivity index is 0.000000203. The van der Waals surface area contributed by atoms with Crippen molar-refractivity contribution in [1.82, 2.24) is 31.9 Å². The molecule has 0 unspecified atom stereocenters. The third kappa shape index (κ3) is 34.1. The molecule has 1 aliphatic rings. The Morgan fingerprint density at radius 3 is 0.783 bits per heavy atom. The van der Waals surface area contributed by atoms with Gasteiger partial charge in [-0.25, -0.2) is 26.3 Å². The van der Waals surface area contributed by atoms with Gasteiger partial charge in [0.05, 0.1) is 51.7 Å². The van der Waals surface area contributed by atoms with Crippen LogP contribution in [0.1, 0.15) is 161 Å². The van der Waals surface area contributed by atoms with Crippen molar-refractivity contribution < 1.29 is 93.4 Å². The zero-order chi connectivity index (χ0) is 100. The predicted molar refractivity (Wildman–Crippen MR) is 526 cm³/mol. The van der Waals surface area contributed by atoms with Crippen LogP contribution in [-0.2, 0) is 120 Å². The van der Waals surface area contributed by atoms with Gasteiger partial charge in [-0.15, -0.1) is 0 Å². The van der Waals surface area contributed by atoms with Gasteiger partial charge in [0.25, 0.3) is 0 Å². The number of aryl methyl sites for hydroxylation is 9. The molecule has 0 bridgehead atoms. The van der Waals surface area contributed by atoms with Crippen LogP contribution in [0.5, 0.6) is 40.2 Å². The summed E-state index contributed by atoms with van der Waals surface area (Å²) in [6.45, 7) is 20.3. The average molecular weight is 1890 g/mol. The van der Waals surface area contributed by atoms with Gasteiger partial charge >= 0.3 is 0 Å². The molecule has 138 heavy (non-hydrogen) atoms. The van der Waals surface area contributed by atoms with E-state index >= 15 is 0 Å². The van der Waals surface area contributed by atoms with Crippen molar-refractivity contribution >= 4 is 35.4 Å². The van der Waals surface area contributed by atoms with Crippen LogP contribution in [0.3, 0.4) is 0 Å². The molecule has 6 amide bonds. The second-order valence-corrected chi connectivity index (χ2v) is 33.1. The zero-order valence-corrected chi connectivity index (χ0v) is 81.4. The van der Waals surface area contributed by atoms with E-state index in [0.29, 0.717) is 42.2 Å². The third-order valence-corrected chi connectivity index (χ3v) is 22.7. The van der Waals surface area contributed by atoms with Crippen molar-refractivity contribution in [3.63, 3.8) is 0 Å². The van der Waals surface area contributed by atoms with E-state index in [1.165, 1.54) is 42.0 Å². The average Bonchev–Trinajstić information content (AvgIpc) is 1.67. The maximum absolute atomic E-state index is 14.0. The van der Waals surface area contributed by atoms with Crippen molar-refractivity contribution in [1.29, 1.82) is 0 Å². The number of aliphatic hydroxyl groups is 1. The number of ether oxygens (including phenoxy) is 7. The summed E-state index contributed by atoms with van der Waals surface area (Å²) >= 11 is 0.